The molecule has 0 aromatic rings. The maximum absolute atomic E-state index is 11.3. The summed E-state index contributed by atoms with van der Waals surface area (Å²) in [6, 6.07) is 0. The van der Waals surface area contributed by atoms with E-state index in [0.717, 1.165) is 64.2 Å². The summed E-state index contributed by atoms with van der Waals surface area (Å²) >= 11 is 0. The molecule has 0 aliphatic heterocycles. The minimum atomic E-state index is 0.337. The van der Waals surface area contributed by atoms with Gasteiger partial charge in [-0.3, -0.25) is 9.59 Å². The highest BCUT2D eigenvalue weighted by atomic mass is 16.3. The van der Waals surface area contributed by atoms with E-state index in [1.54, 1.807) is 0 Å². The molecule has 4 heteroatoms. The van der Waals surface area contributed by atoms with Crippen molar-refractivity contribution in [2.75, 3.05) is 13.2 Å². The average molecular weight is 533 g/mol. The van der Waals surface area contributed by atoms with Crippen LogP contribution in [0, 0.1) is 0 Å². The van der Waals surface area contributed by atoms with Crippen molar-refractivity contribution >= 4 is 11.6 Å². The van der Waals surface area contributed by atoms with Crippen molar-refractivity contribution in [2.45, 2.75) is 167 Å². The first-order valence-corrected chi connectivity index (χ1v) is 16.3. The second-order valence-corrected chi connectivity index (χ2v) is 11.6. The lowest BCUT2D eigenvalue weighted by Gasteiger charge is -2.11. The molecule has 0 amide bonds. The summed E-state index contributed by atoms with van der Waals surface area (Å²) in [7, 11) is 0. The molecule has 4 nitrogen and oxygen atoms in total. The van der Waals surface area contributed by atoms with Gasteiger partial charge in [0.05, 0.1) is 0 Å². The lowest BCUT2D eigenvalue weighted by atomic mass is 9.94. The van der Waals surface area contributed by atoms with Gasteiger partial charge < -0.3 is 10.2 Å². The average Bonchev–Trinajstić information content (AvgIpc) is 2.91. The van der Waals surface area contributed by atoms with Gasteiger partial charge in [0.1, 0.15) is 0 Å². The van der Waals surface area contributed by atoms with Gasteiger partial charge in [0, 0.05) is 26.1 Å². The number of hydrogen-bond acceptors (Lipinski definition) is 4. The highest BCUT2D eigenvalue weighted by molar-refractivity contribution is 5.91. The smallest absolute Gasteiger partial charge is 0.155 e. The van der Waals surface area contributed by atoms with Gasteiger partial charge in [-0.1, -0.05) is 101 Å². The van der Waals surface area contributed by atoms with Gasteiger partial charge in [-0.2, -0.15) is 0 Å². The first kappa shape index (κ1) is 34.8. The van der Waals surface area contributed by atoms with Gasteiger partial charge in [0.25, 0.3) is 0 Å². The quantitative estimate of drug-likeness (QED) is 0.136. The van der Waals surface area contributed by atoms with Crippen molar-refractivity contribution in [1.82, 2.24) is 0 Å². The van der Waals surface area contributed by atoms with Gasteiger partial charge >= 0.3 is 0 Å². The molecule has 0 unspecified atom stereocenters. The van der Waals surface area contributed by atoms with Crippen LogP contribution in [0.1, 0.15) is 167 Å². The summed E-state index contributed by atoms with van der Waals surface area (Å²) in [5.74, 6) is 0.674. The van der Waals surface area contributed by atoms with Crippen LogP contribution in [0.3, 0.4) is 0 Å². The van der Waals surface area contributed by atoms with Gasteiger partial charge in [-0.25, -0.2) is 0 Å². The van der Waals surface area contributed by atoms with Crippen LogP contribution in [0.5, 0.6) is 0 Å². The normalized spacial score (nSPS) is 15.6. The van der Waals surface area contributed by atoms with Crippen molar-refractivity contribution in [1.29, 1.82) is 0 Å². The Labute approximate surface area is 234 Å². The summed E-state index contributed by atoms with van der Waals surface area (Å²) < 4.78 is 0. The van der Waals surface area contributed by atoms with Crippen molar-refractivity contribution < 1.29 is 19.8 Å². The summed E-state index contributed by atoms with van der Waals surface area (Å²) in [5.41, 5.74) is 2.78. The number of rotatable bonds is 22. The third kappa shape index (κ3) is 21.6. The van der Waals surface area contributed by atoms with Crippen molar-refractivity contribution in [3.8, 4) is 0 Å². The molecule has 0 saturated carbocycles. The largest absolute Gasteiger partial charge is 0.396 e. The van der Waals surface area contributed by atoms with Crippen LogP contribution >= 0.6 is 0 Å². The zero-order valence-corrected chi connectivity index (χ0v) is 24.7. The number of aliphatic hydroxyl groups excluding tert-OH is 2. The molecule has 0 heterocycles. The van der Waals surface area contributed by atoms with Crippen LogP contribution in [0.4, 0.5) is 0 Å². The molecule has 0 bridgehead atoms. The topological polar surface area (TPSA) is 74.6 Å². The van der Waals surface area contributed by atoms with E-state index >= 15 is 0 Å². The second-order valence-electron chi connectivity index (χ2n) is 11.6. The minimum absolute atomic E-state index is 0.337. The van der Waals surface area contributed by atoms with Gasteiger partial charge in [-0.05, 0) is 76.4 Å². The zero-order valence-electron chi connectivity index (χ0n) is 24.7. The third-order valence-corrected chi connectivity index (χ3v) is 7.88. The van der Waals surface area contributed by atoms with E-state index in [2.05, 4.69) is 0 Å². The lowest BCUT2D eigenvalue weighted by molar-refractivity contribution is -0.115. The number of carbonyl (C=O) groups is 2. The monoisotopic (exact) mass is 532 g/mol. The van der Waals surface area contributed by atoms with Crippen LogP contribution in [0.2, 0.25) is 0 Å². The maximum atomic E-state index is 11.3. The number of ketones is 2. The number of carbonyl (C=O) groups excluding carboxylic acids is 2. The molecule has 0 fully saturated rings. The number of allylic oxidation sites excluding steroid dienone is 4. The third-order valence-electron chi connectivity index (χ3n) is 7.88. The molecule has 2 aliphatic carbocycles. The Morgan fingerprint density at radius 2 is 0.711 bits per heavy atom. The summed E-state index contributed by atoms with van der Waals surface area (Å²) in [5, 5.41) is 17.3. The molecule has 38 heavy (non-hydrogen) atoms. The SMILES string of the molecule is O=C1C=C(CCCCCCCCCCCO)CCC1.O=C1C=C(CCCCCCCCCCCO)CCC1. The maximum Gasteiger partial charge on any atom is 0.155 e. The van der Waals surface area contributed by atoms with Gasteiger partial charge in [-0.15, -0.1) is 0 Å². The Kier molecular flexibility index (Phi) is 23.8. The highest BCUT2D eigenvalue weighted by Crippen LogP contribution is 2.22. The zero-order chi connectivity index (χ0) is 27.5. The summed E-state index contributed by atoms with van der Waals surface area (Å²) in [4.78, 5) is 22.5. The fourth-order valence-electron chi connectivity index (χ4n) is 5.52. The minimum Gasteiger partial charge on any atom is -0.396 e. The predicted octanol–water partition coefficient (Wildman–Crippen LogP) is 9.12. The molecular formula is C34H60O4. The van der Waals surface area contributed by atoms with Gasteiger partial charge in [0.2, 0.25) is 0 Å². The van der Waals surface area contributed by atoms with E-state index in [0.29, 0.717) is 24.8 Å². The van der Waals surface area contributed by atoms with E-state index in [4.69, 9.17) is 10.2 Å². The molecule has 2 rings (SSSR count). The molecule has 220 valence electrons. The molecule has 0 saturated heterocycles. The van der Waals surface area contributed by atoms with E-state index in [1.165, 1.54) is 114 Å². The molecular weight excluding hydrogens is 472 g/mol. The fourth-order valence-corrected chi connectivity index (χ4v) is 5.52. The second kappa shape index (κ2) is 26.0. The Morgan fingerprint density at radius 1 is 0.421 bits per heavy atom. The first-order chi connectivity index (χ1) is 18.7. The highest BCUT2D eigenvalue weighted by Gasteiger charge is 2.10. The lowest BCUT2D eigenvalue weighted by Crippen LogP contribution is -2.02. The van der Waals surface area contributed by atoms with Crippen LogP contribution in [-0.4, -0.2) is 35.0 Å². The van der Waals surface area contributed by atoms with Crippen LogP contribution in [0.15, 0.2) is 23.3 Å². The number of aliphatic hydroxyl groups is 2. The van der Waals surface area contributed by atoms with E-state index in [-0.39, 0.29) is 0 Å². The van der Waals surface area contributed by atoms with E-state index < -0.39 is 0 Å². The van der Waals surface area contributed by atoms with Crippen molar-refractivity contribution in [3.05, 3.63) is 23.3 Å². The predicted molar refractivity (Wildman–Crippen MR) is 160 cm³/mol. The Hall–Kier alpha value is -1.26. The molecule has 0 spiro atoms. The van der Waals surface area contributed by atoms with Crippen LogP contribution in [-0.2, 0) is 9.59 Å². The fraction of sp³-hybridized carbons (Fsp3) is 0.824. The molecule has 2 aliphatic rings. The van der Waals surface area contributed by atoms with Crippen LogP contribution in [0.25, 0.3) is 0 Å². The number of unbranched alkanes of at least 4 members (excludes halogenated alkanes) is 16. The van der Waals surface area contributed by atoms with E-state index in [1.807, 2.05) is 12.2 Å². The first-order valence-electron chi connectivity index (χ1n) is 16.3. The number of hydrogen-bond donors (Lipinski definition) is 2. The molecule has 0 atom stereocenters. The molecule has 0 aromatic carbocycles. The van der Waals surface area contributed by atoms with E-state index in [9.17, 15) is 9.59 Å². The molecule has 0 radical (unpaired) electrons. The summed E-state index contributed by atoms with van der Waals surface area (Å²) in [6.45, 7) is 0.691. The Bertz CT molecular complexity index is 593. The van der Waals surface area contributed by atoms with Crippen LogP contribution < -0.4 is 0 Å². The molecule has 0 aromatic heterocycles. The Balaban J connectivity index is 0.000000380. The van der Waals surface area contributed by atoms with Crippen molar-refractivity contribution in [3.63, 3.8) is 0 Å². The van der Waals surface area contributed by atoms with Crippen molar-refractivity contribution in [2.24, 2.45) is 0 Å². The standard InChI is InChI=1S/2C17H30O2/c2*18-14-9-7-5-3-1-2-4-6-8-11-16-12-10-13-17(19)15-16/h2*15,18H,1-14H2. The Morgan fingerprint density at radius 3 is 1.00 bits per heavy atom. The van der Waals surface area contributed by atoms with Gasteiger partial charge in [0.15, 0.2) is 11.6 Å². The molecule has 2 N–H and O–H groups in total. The summed E-state index contributed by atoms with van der Waals surface area (Å²) in [6.07, 6.45) is 34.7.